The third-order valence-electron chi connectivity index (χ3n) is 3.91. The molecule has 8 heteroatoms. The van der Waals surface area contributed by atoms with Crippen molar-refractivity contribution in [3.05, 3.63) is 74.3 Å². The number of rotatable bonds is 3. The minimum atomic E-state index is -1.23. The fraction of sp³-hybridized carbons (Fsp3) is 0.250. The van der Waals surface area contributed by atoms with Crippen LogP contribution in [0.2, 0.25) is 0 Å². The van der Waals surface area contributed by atoms with Gasteiger partial charge in [-0.1, -0.05) is 18.7 Å². The fourth-order valence-corrected chi connectivity index (χ4v) is 2.67. The van der Waals surface area contributed by atoms with E-state index in [0.29, 0.717) is 5.56 Å². The number of ether oxygens (including phenoxy) is 1. The van der Waals surface area contributed by atoms with Gasteiger partial charge in [-0.3, -0.25) is 9.78 Å². The topological polar surface area (TPSA) is 94.1 Å². The lowest BCUT2D eigenvalue weighted by atomic mass is 9.89. The molecule has 124 valence electrons. The van der Waals surface area contributed by atoms with Gasteiger partial charge in [0.05, 0.1) is 6.54 Å². The van der Waals surface area contributed by atoms with Crippen LogP contribution in [0.25, 0.3) is 0 Å². The summed E-state index contributed by atoms with van der Waals surface area (Å²) >= 11 is 0. The zero-order valence-corrected chi connectivity index (χ0v) is 12.8. The van der Waals surface area contributed by atoms with E-state index in [1.807, 2.05) is 0 Å². The van der Waals surface area contributed by atoms with Crippen molar-refractivity contribution in [1.29, 1.82) is 0 Å². The molecule has 1 aliphatic rings. The van der Waals surface area contributed by atoms with E-state index in [1.54, 1.807) is 0 Å². The van der Waals surface area contributed by atoms with Gasteiger partial charge in [0.2, 0.25) is 0 Å². The first-order valence-corrected chi connectivity index (χ1v) is 7.16. The van der Waals surface area contributed by atoms with Gasteiger partial charge >= 0.3 is 11.7 Å². The summed E-state index contributed by atoms with van der Waals surface area (Å²) in [4.78, 5) is 37.5. The number of cyclic esters (lactones) is 1. The Hall–Kier alpha value is -3.03. The summed E-state index contributed by atoms with van der Waals surface area (Å²) in [5.41, 5.74) is -1.68. The van der Waals surface area contributed by atoms with Gasteiger partial charge in [-0.2, -0.15) is 5.10 Å². The second-order valence-electron chi connectivity index (χ2n) is 5.67. The fourth-order valence-electron chi connectivity index (χ4n) is 2.67. The molecule has 0 saturated carbocycles. The first-order valence-electron chi connectivity index (χ1n) is 7.16. The molecule has 1 N–H and O–H groups in total. The Morgan fingerprint density at radius 1 is 1.33 bits per heavy atom. The number of halogens is 1. The van der Waals surface area contributed by atoms with Crippen LogP contribution in [0.15, 0.2) is 46.0 Å². The third kappa shape index (κ3) is 2.66. The van der Waals surface area contributed by atoms with Crippen LogP contribution >= 0.6 is 0 Å². The monoisotopic (exact) mass is 331 g/mol. The average molecular weight is 331 g/mol. The molecule has 0 amide bonds. The van der Waals surface area contributed by atoms with Gasteiger partial charge < -0.3 is 4.74 Å². The predicted octanol–water partition coefficient (Wildman–Crippen LogP) is 0.778. The van der Waals surface area contributed by atoms with Gasteiger partial charge in [-0.15, -0.1) is 0 Å². The quantitative estimate of drug-likeness (QED) is 0.662. The van der Waals surface area contributed by atoms with Gasteiger partial charge in [0, 0.05) is 12.0 Å². The van der Waals surface area contributed by atoms with Gasteiger partial charge in [0.25, 0.3) is 5.56 Å². The van der Waals surface area contributed by atoms with E-state index < -0.39 is 28.6 Å². The smallest absolute Gasteiger partial charge is 0.344 e. The molecule has 7 nitrogen and oxygen atoms in total. The minimum absolute atomic E-state index is 0.104. The summed E-state index contributed by atoms with van der Waals surface area (Å²) in [6.45, 7) is 4.99. The van der Waals surface area contributed by atoms with Crippen LogP contribution in [0, 0.1) is 12.7 Å². The summed E-state index contributed by atoms with van der Waals surface area (Å²) in [6.07, 6.45) is 0.129. The van der Waals surface area contributed by atoms with Crippen LogP contribution in [0.1, 0.15) is 17.7 Å². The first-order chi connectivity index (χ1) is 11.3. The van der Waals surface area contributed by atoms with Crippen LogP contribution < -0.4 is 11.2 Å². The lowest BCUT2D eigenvalue weighted by Crippen LogP contribution is -2.41. The maximum atomic E-state index is 13.2. The summed E-state index contributed by atoms with van der Waals surface area (Å²) in [6, 6.07) is 5.43. The van der Waals surface area contributed by atoms with Gasteiger partial charge in [0.1, 0.15) is 11.5 Å². The largest absolute Gasteiger partial charge is 0.448 e. The van der Waals surface area contributed by atoms with Crippen LogP contribution in [0.3, 0.4) is 0 Å². The van der Waals surface area contributed by atoms with E-state index in [1.165, 1.54) is 31.2 Å². The first kappa shape index (κ1) is 15.9. The third-order valence-corrected chi connectivity index (χ3v) is 3.91. The maximum absolute atomic E-state index is 13.2. The molecule has 1 aromatic heterocycles. The SMILES string of the molecule is C=C1CC(Cn2nc(C)c(=O)[nH]c2=O)(c2ccc(F)cc2)OC1=O. The Morgan fingerprint density at radius 3 is 2.58 bits per heavy atom. The molecular formula is C16H14FN3O4. The van der Waals surface area contributed by atoms with Crippen molar-refractivity contribution >= 4 is 5.97 Å². The summed E-state index contributed by atoms with van der Waals surface area (Å²) in [5, 5.41) is 3.94. The van der Waals surface area contributed by atoms with Crippen LogP contribution in [-0.2, 0) is 21.7 Å². The Balaban J connectivity index is 2.10. The molecule has 1 saturated heterocycles. The van der Waals surface area contributed by atoms with Crippen LogP contribution in [0.4, 0.5) is 4.39 Å². The molecule has 0 bridgehead atoms. The highest BCUT2D eigenvalue weighted by molar-refractivity contribution is 5.90. The summed E-state index contributed by atoms with van der Waals surface area (Å²) < 4.78 is 19.7. The van der Waals surface area contributed by atoms with Crippen molar-refractivity contribution in [2.45, 2.75) is 25.5 Å². The zero-order chi connectivity index (χ0) is 17.5. The van der Waals surface area contributed by atoms with E-state index in [0.717, 1.165) is 4.68 Å². The highest BCUT2D eigenvalue weighted by Crippen LogP contribution is 2.40. The molecule has 1 atom stereocenters. The molecule has 1 aromatic carbocycles. The van der Waals surface area contributed by atoms with Crippen molar-refractivity contribution in [2.24, 2.45) is 0 Å². The Morgan fingerprint density at radius 2 is 2.00 bits per heavy atom. The minimum Gasteiger partial charge on any atom is -0.448 e. The van der Waals surface area contributed by atoms with Crippen molar-refractivity contribution in [1.82, 2.24) is 14.8 Å². The lowest BCUT2D eigenvalue weighted by Gasteiger charge is -2.28. The Labute approximate surface area is 135 Å². The number of esters is 1. The van der Waals surface area contributed by atoms with Crippen molar-refractivity contribution in [3.63, 3.8) is 0 Å². The second kappa shape index (κ2) is 5.55. The standard InChI is InChI=1S/C16H14FN3O4/c1-9-7-16(24-14(9)22,11-3-5-12(17)6-4-11)8-20-15(23)18-13(21)10(2)19-20/h3-6H,1,7-8H2,2H3,(H,18,21,23). The molecule has 0 radical (unpaired) electrons. The number of carbonyl (C=O) groups is 1. The van der Waals surface area contributed by atoms with Gasteiger partial charge in [-0.25, -0.2) is 18.7 Å². The number of hydrogen-bond acceptors (Lipinski definition) is 5. The van der Waals surface area contributed by atoms with Crippen LogP contribution in [-0.4, -0.2) is 20.7 Å². The molecule has 0 spiro atoms. The Kier molecular flexibility index (Phi) is 3.67. The number of aryl methyl sites for hydroxylation is 1. The average Bonchev–Trinajstić information content (AvgIpc) is 2.81. The highest BCUT2D eigenvalue weighted by atomic mass is 19.1. The van der Waals surface area contributed by atoms with E-state index in [-0.39, 0.29) is 24.2 Å². The molecular weight excluding hydrogens is 317 g/mol. The molecule has 1 unspecified atom stereocenters. The molecule has 2 heterocycles. The van der Waals surface area contributed by atoms with Gasteiger partial charge in [-0.05, 0) is 24.6 Å². The molecule has 0 aliphatic carbocycles. The van der Waals surface area contributed by atoms with E-state index in [2.05, 4.69) is 16.7 Å². The van der Waals surface area contributed by atoms with Gasteiger partial charge in [0.15, 0.2) is 5.60 Å². The molecule has 3 rings (SSSR count). The number of hydrogen-bond donors (Lipinski definition) is 1. The number of aromatic nitrogens is 3. The van der Waals surface area contributed by atoms with Crippen LogP contribution in [0.5, 0.6) is 0 Å². The zero-order valence-electron chi connectivity index (χ0n) is 12.8. The normalized spacial score (nSPS) is 20.2. The number of nitrogens with zero attached hydrogens (tertiary/aromatic N) is 2. The van der Waals surface area contributed by atoms with Crippen molar-refractivity contribution in [2.75, 3.05) is 0 Å². The maximum Gasteiger partial charge on any atom is 0.344 e. The summed E-state index contributed by atoms with van der Waals surface area (Å²) in [5.74, 6) is -1.03. The summed E-state index contributed by atoms with van der Waals surface area (Å²) in [7, 11) is 0. The van der Waals surface area contributed by atoms with E-state index >= 15 is 0 Å². The highest BCUT2D eigenvalue weighted by Gasteiger charge is 2.45. The lowest BCUT2D eigenvalue weighted by molar-refractivity contribution is -0.148. The molecule has 24 heavy (non-hydrogen) atoms. The molecule has 1 aliphatic heterocycles. The molecule has 2 aromatic rings. The second-order valence-corrected chi connectivity index (χ2v) is 5.67. The van der Waals surface area contributed by atoms with E-state index in [9.17, 15) is 18.8 Å². The van der Waals surface area contributed by atoms with Crippen molar-refractivity contribution < 1.29 is 13.9 Å². The number of carbonyl (C=O) groups excluding carboxylic acids is 1. The number of nitrogens with one attached hydrogen (secondary N) is 1. The number of H-pyrrole nitrogens is 1. The number of benzene rings is 1. The Bertz CT molecular complexity index is 927. The van der Waals surface area contributed by atoms with Crippen molar-refractivity contribution in [3.8, 4) is 0 Å². The van der Waals surface area contributed by atoms with E-state index in [4.69, 9.17) is 4.74 Å². The molecule has 1 fully saturated rings. The predicted molar refractivity (Wildman–Crippen MR) is 81.8 cm³/mol. The number of aromatic amines is 1.